The quantitative estimate of drug-likeness (QED) is 0.885. The molecule has 116 valence electrons. The van der Waals surface area contributed by atoms with Gasteiger partial charge in [-0.05, 0) is 25.8 Å². The second-order valence-electron chi connectivity index (χ2n) is 6.39. The molecule has 1 aromatic rings. The van der Waals surface area contributed by atoms with E-state index in [1.54, 1.807) is 0 Å². The van der Waals surface area contributed by atoms with E-state index in [0.29, 0.717) is 11.8 Å². The van der Waals surface area contributed by atoms with Gasteiger partial charge in [-0.15, -0.1) is 0 Å². The van der Waals surface area contributed by atoms with Crippen LogP contribution in [0.2, 0.25) is 0 Å². The third-order valence-corrected chi connectivity index (χ3v) is 5.07. The summed E-state index contributed by atoms with van der Waals surface area (Å²) in [4.78, 5) is 0. The molecule has 3 rings (SSSR count). The molecule has 4 heteroatoms. The van der Waals surface area contributed by atoms with Crippen LogP contribution in [0.25, 0.3) is 0 Å². The van der Waals surface area contributed by atoms with Crippen molar-refractivity contribution < 1.29 is 13.5 Å². The zero-order valence-electron chi connectivity index (χ0n) is 12.5. The average molecular weight is 295 g/mol. The maximum absolute atomic E-state index is 13.3. The summed E-state index contributed by atoms with van der Waals surface area (Å²) in [6.07, 6.45) is 6.87. The molecule has 0 aliphatic heterocycles. The zero-order chi connectivity index (χ0) is 14.9. The van der Waals surface area contributed by atoms with Gasteiger partial charge in [0.25, 0.3) is 0 Å². The standard InChI is InChI=1S/C17H23F2NO/c1-2-7-20-15-11-16(17(15)5-3-4-6-17)21-14-9-12(18)8-13(19)10-14/h8-10,15-16,20H,2-7,11H2,1H3. The third-order valence-electron chi connectivity index (χ3n) is 5.07. The molecule has 1 aromatic carbocycles. The Labute approximate surface area is 124 Å². The first-order valence-corrected chi connectivity index (χ1v) is 8.00. The van der Waals surface area contributed by atoms with E-state index in [-0.39, 0.29) is 11.5 Å². The summed E-state index contributed by atoms with van der Waals surface area (Å²) in [5, 5.41) is 3.61. The van der Waals surface area contributed by atoms with E-state index in [1.165, 1.54) is 25.0 Å². The normalized spacial score (nSPS) is 26.8. The van der Waals surface area contributed by atoms with Crippen LogP contribution in [0, 0.1) is 17.0 Å². The molecule has 1 spiro atoms. The van der Waals surface area contributed by atoms with Gasteiger partial charge in [0.05, 0.1) is 0 Å². The van der Waals surface area contributed by atoms with Crippen molar-refractivity contribution in [3.63, 3.8) is 0 Å². The lowest BCUT2D eigenvalue weighted by atomic mass is 9.60. The molecule has 0 radical (unpaired) electrons. The van der Waals surface area contributed by atoms with Gasteiger partial charge in [0.1, 0.15) is 23.5 Å². The molecule has 1 N–H and O–H groups in total. The molecule has 0 heterocycles. The smallest absolute Gasteiger partial charge is 0.129 e. The van der Waals surface area contributed by atoms with E-state index < -0.39 is 11.6 Å². The van der Waals surface area contributed by atoms with Crippen LogP contribution in [-0.2, 0) is 0 Å². The first kappa shape index (κ1) is 14.8. The predicted molar refractivity (Wildman–Crippen MR) is 78.4 cm³/mol. The first-order chi connectivity index (χ1) is 10.1. The minimum absolute atomic E-state index is 0.0792. The molecule has 2 nitrogen and oxygen atoms in total. The van der Waals surface area contributed by atoms with Crippen molar-refractivity contribution in [1.29, 1.82) is 0 Å². The summed E-state index contributed by atoms with van der Waals surface area (Å²) < 4.78 is 32.5. The number of hydrogen-bond donors (Lipinski definition) is 1. The Morgan fingerprint density at radius 2 is 1.86 bits per heavy atom. The van der Waals surface area contributed by atoms with Gasteiger partial charge in [-0.1, -0.05) is 19.8 Å². The molecule has 2 unspecified atom stereocenters. The molecule has 2 atom stereocenters. The topological polar surface area (TPSA) is 21.3 Å². The van der Waals surface area contributed by atoms with Gasteiger partial charge < -0.3 is 10.1 Å². The zero-order valence-corrected chi connectivity index (χ0v) is 12.5. The fraction of sp³-hybridized carbons (Fsp3) is 0.647. The molecular formula is C17H23F2NO. The monoisotopic (exact) mass is 295 g/mol. The van der Waals surface area contributed by atoms with Gasteiger partial charge in [-0.25, -0.2) is 8.78 Å². The highest BCUT2D eigenvalue weighted by Crippen LogP contribution is 2.54. The van der Waals surface area contributed by atoms with Gasteiger partial charge in [0, 0.05) is 36.1 Å². The SMILES string of the molecule is CCCNC1CC(Oc2cc(F)cc(F)c2)C12CCCC2. The fourth-order valence-corrected chi connectivity index (χ4v) is 3.98. The van der Waals surface area contributed by atoms with Crippen molar-refractivity contribution in [3.8, 4) is 5.75 Å². The van der Waals surface area contributed by atoms with Crippen molar-refractivity contribution in [1.82, 2.24) is 5.32 Å². The maximum Gasteiger partial charge on any atom is 0.129 e. The molecule has 0 saturated heterocycles. The molecule has 0 bridgehead atoms. The molecule has 0 aromatic heterocycles. The van der Waals surface area contributed by atoms with Crippen molar-refractivity contribution in [2.75, 3.05) is 6.54 Å². The van der Waals surface area contributed by atoms with E-state index in [0.717, 1.165) is 38.3 Å². The number of ether oxygens (including phenoxy) is 1. The summed E-state index contributed by atoms with van der Waals surface area (Å²) in [5.74, 6) is -0.839. The second-order valence-corrected chi connectivity index (χ2v) is 6.39. The summed E-state index contributed by atoms with van der Waals surface area (Å²) in [6, 6.07) is 3.92. The number of nitrogens with one attached hydrogen (secondary N) is 1. The largest absolute Gasteiger partial charge is 0.490 e. The summed E-state index contributed by atoms with van der Waals surface area (Å²) in [7, 11) is 0. The van der Waals surface area contributed by atoms with Gasteiger partial charge in [-0.3, -0.25) is 0 Å². The maximum atomic E-state index is 13.3. The van der Waals surface area contributed by atoms with Crippen LogP contribution >= 0.6 is 0 Å². The lowest BCUT2D eigenvalue weighted by Gasteiger charge is -2.54. The Morgan fingerprint density at radius 3 is 2.48 bits per heavy atom. The summed E-state index contributed by atoms with van der Waals surface area (Å²) in [6.45, 7) is 3.18. The van der Waals surface area contributed by atoms with E-state index in [4.69, 9.17) is 4.74 Å². The van der Waals surface area contributed by atoms with E-state index in [2.05, 4.69) is 12.2 Å². The number of rotatable bonds is 5. The van der Waals surface area contributed by atoms with Crippen molar-refractivity contribution in [2.45, 2.75) is 57.6 Å². The van der Waals surface area contributed by atoms with Gasteiger partial charge >= 0.3 is 0 Å². The third kappa shape index (κ3) is 2.78. The van der Waals surface area contributed by atoms with Crippen LogP contribution in [-0.4, -0.2) is 18.7 Å². The minimum Gasteiger partial charge on any atom is -0.490 e. The lowest BCUT2D eigenvalue weighted by Crippen LogP contribution is -2.63. The molecule has 2 aliphatic carbocycles. The minimum atomic E-state index is -0.578. The van der Waals surface area contributed by atoms with Crippen LogP contribution in [0.5, 0.6) is 5.75 Å². The van der Waals surface area contributed by atoms with Crippen LogP contribution < -0.4 is 10.1 Å². The summed E-state index contributed by atoms with van der Waals surface area (Å²) >= 11 is 0. The average Bonchev–Trinajstić information content (AvgIpc) is 2.93. The number of halogens is 2. The summed E-state index contributed by atoms with van der Waals surface area (Å²) in [5.41, 5.74) is 0.165. The van der Waals surface area contributed by atoms with E-state index in [9.17, 15) is 8.78 Å². The molecule has 2 aliphatic rings. The van der Waals surface area contributed by atoms with Crippen LogP contribution in [0.3, 0.4) is 0 Å². The Hall–Kier alpha value is -1.16. The predicted octanol–water partition coefficient (Wildman–Crippen LogP) is 4.04. The molecule has 0 amide bonds. The Bertz CT molecular complexity index is 479. The molecule has 2 fully saturated rings. The van der Waals surface area contributed by atoms with E-state index in [1.807, 2.05) is 0 Å². The lowest BCUT2D eigenvalue weighted by molar-refractivity contribution is -0.0761. The van der Waals surface area contributed by atoms with Crippen molar-refractivity contribution in [2.24, 2.45) is 5.41 Å². The van der Waals surface area contributed by atoms with Crippen molar-refractivity contribution >= 4 is 0 Å². The Balaban J connectivity index is 1.71. The Kier molecular flexibility index (Phi) is 4.16. The fourth-order valence-electron chi connectivity index (χ4n) is 3.98. The van der Waals surface area contributed by atoms with E-state index >= 15 is 0 Å². The molecular weight excluding hydrogens is 272 g/mol. The number of hydrogen-bond acceptors (Lipinski definition) is 2. The molecule has 21 heavy (non-hydrogen) atoms. The van der Waals surface area contributed by atoms with Crippen LogP contribution in [0.1, 0.15) is 45.4 Å². The Morgan fingerprint density at radius 1 is 1.19 bits per heavy atom. The highest BCUT2D eigenvalue weighted by molar-refractivity contribution is 5.25. The molecule has 2 saturated carbocycles. The second kappa shape index (κ2) is 5.91. The van der Waals surface area contributed by atoms with Gasteiger partial charge in [-0.2, -0.15) is 0 Å². The highest BCUT2D eigenvalue weighted by Gasteiger charge is 2.57. The van der Waals surface area contributed by atoms with Crippen LogP contribution in [0.15, 0.2) is 18.2 Å². The van der Waals surface area contributed by atoms with Gasteiger partial charge in [0.2, 0.25) is 0 Å². The first-order valence-electron chi connectivity index (χ1n) is 8.00. The van der Waals surface area contributed by atoms with Crippen LogP contribution in [0.4, 0.5) is 8.78 Å². The highest BCUT2D eigenvalue weighted by atomic mass is 19.1. The van der Waals surface area contributed by atoms with Crippen molar-refractivity contribution in [3.05, 3.63) is 29.8 Å². The van der Waals surface area contributed by atoms with Gasteiger partial charge in [0.15, 0.2) is 0 Å². The number of benzene rings is 1.